The minimum absolute atomic E-state index is 0.0910. The van der Waals surface area contributed by atoms with Crippen molar-refractivity contribution >= 4 is 16.8 Å². The van der Waals surface area contributed by atoms with E-state index in [4.69, 9.17) is 4.74 Å². The quantitative estimate of drug-likeness (QED) is 0.533. The summed E-state index contributed by atoms with van der Waals surface area (Å²) in [4.78, 5) is 17.0. The number of carbonyl (C=O) groups excluding carboxylic acids is 1. The number of rotatable bonds is 7. The highest BCUT2D eigenvalue weighted by atomic mass is 16.5. The fraction of sp³-hybridized carbons (Fsp3) is 0.278. The second-order valence-corrected chi connectivity index (χ2v) is 5.38. The maximum absolute atomic E-state index is 12.8. The zero-order valence-electron chi connectivity index (χ0n) is 13.1. The highest BCUT2D eigenvalue weighted by Gasteiger charge is 2.19. The molecule has 0 aliphatic heterocycles. The van der Waals surface area contributed by atoms with Crippen molar-refractivity contribution in [3.63, 3.8) is 0 Å². The van der Waals surface area contributed by atoms with Crippen LogP contribution in [0, 0.1) is 0 Å². The molecule has 0 saturated carbocycles. The fourth-order valence-corrected chi connectivity index (χ4v) is 2.47. The van der Waals surface area contributed by atoms with Gasteiger partial charge in [-0.2, -0.15) is 5.10 Å². The Morgan fingerprint density at radius 1 is 1.17 bits per heavy atom. The first kappa shape index (κ1) is 15.2. The van der Waals surface area contributed by atoms with Crippen LogP contribution in [0.3, 0.4) is 0 Å². The molecule has 5 nitrogen and oxygen atoms in total. The summed E-state index contributed by atoms with van der Waals surface area (Å²) in [5.41, 5.74) is 1.72. The van der Waals surface area contributed by atoms with E-state index >= 15 is 0 Å². The van der Waals surface area contributed by atoms with Crippen LogP contribution in [0.4, 0.5) is 0 Å². The Kier molecular flexibility index (Phi) is 4.66. The average molecular weight is 309 g/mol. The molecule has 0 aliphatic carbocycles. The van der Waals surface area contributed by atoms with Crippen LogP contribution in [-0.2, 0) is 0 Å². The summed E-state index contributed by atoms with van der Waals surface area (Å²) in [6.07, 6.45) is 6.39. The van der Waals surface area contributed by atoms with Gasteiger partial charge in [0.1, 0.15) is 5.75 Å². The largest absolute Gasteiger partial charge is 0.492 e. The number of aromatic nitrogens is 3. The number of hydrogen-bond donors (Lipinski definition) is 1. The Labute approximate surface area is 134 Å². The van der Waals surface area contributed by atoms with E-state index < -0.39 is 0 Å². The summed E-state index contributed by atoms with van der Waals surface area (Å²) in [5.74, 6) is 0.473. The van der Waals surface area contributed by atoms with Crippen molar-refractivity contribution in [2.75, 3.05) is 6.61 Å². The van der Waals surface area contributed by atoms with Gasteiger partial charge in [0.2, 0.25) is 0 Å². The summed E-state index contributed by atoms with van der Waals surface area (Å²) in [6, 6.07) is 9.17. The Bertz CT molecular complexity index is 796. The normalized spacial score (nSPS) is 10.8. The molecule has 0 atom stereocenters. The maximum atomic E-state index is 12.8. The van der Waals surface area contributed by atoms with Crippen LogP contribution in [0.25, 0.3) is 11.0 Å². The van der Waals surface area contributed by atoms with Crippen LogP contribution >= 0.6 is 0 Å². The predicted molar refractivity (Wildman–Crippen MR) is 88.8 cm³/mol. The molecule has 0 amide bonds. The molecule has 0 aliphatic rings. The minimum Gasteiger partial charge on any atom is -0.492 e. The van der Waals surface area contributed by atoms with Gasteiger partial charge in [-0.15, -0.1) is 0 Å². The molecule has 0 radical (unpaired) electrons. The van der Waals surface area contributed by atoms with Crippen LogP contribution in [0.1, 0.15) is 42.1 Å². The number of pyridine rings is 1. The summed E-state index contributed by atoms with van der Waals surface area (Å²) in [7, 11) is 0. The third kappa shape index (κ3) is 3.23. The second kappa shape index (κ2) is 7.05. The van der Waals surface area contributed by atoms with Crippen LogP contribution in [-0.4, -0.2) is 27.6 Å². The van der Waals surface area contributed by atoms with E-state index in [9.17, 15) is 4.79 Å². The van der Waals surface area contributed by atoms with Gasteiger partial charge in [-0.25, -0.2) is 4.98 Å². The lowest BCUT2D eigenvalue weighted by molar-refractivity contribution is 0.103. The zero-order chi connectivity index (χ0) is 16.1. The van der Waals surface area contributed by atoms with E-state index in [1.807, 2.05) is 18.2 Å². The smallest absolute Gasteiger partial charge is 0.198 e. The van der Waals surface area contributed by atoms with Crippen molar-refractivity contribution < 1.29 is 9.53 Å². The molecule has 5 heteroatoms. The van der Waals surface area contributed by atoms with E-state index in [0.29, 0.717) is 29.1 Å². The molecule has 118 valence electrons. The van der Waals surface area contributed by atoms with Crippen molar-refractivity contribution in [1.29, 1.82) is 0 Å². The molecule has 1 N–H and O–H groups in total. The van der Waals surface area contributed by atoms with Gasteiger partial charge >= 0.3 is 0 Å². The number of fused-ring (bicyclic) bond motifs is 1. The first-order chi connectivity index (χ1) is 11.3. The van der Waals surface area contributed by atoms with Crippen LogP contribution in [0.5, 0.6) is 5.75 Å². The van der Waals surface area contributed by atoms with Gasteiger partial charge in [-0.05, 0) is 6.42 Å². The predicted octanol–water partition coefficient (Wildman–Crippen LogP) is 3.76. The van der Waals surface area contributed by atoms with Gasteiger partial charge in [0.05, 0.1) is 23.8 Å². The molecule has 3 aromatic rings. The molecular weight excluding hydrogens is 290 g/mol. The molecule has 0 unspecified atom stereocenters. The molecule has 2 aromatic heterocycles. The minimum atomic E-state index is -0.0910. The summed E-state index contributed by atoms with van der Waals surface area (Å²) >= 11 is 0. The van der Waals surface area contributed by atoms with Gasteiger partial charge in [-0.1, -0.05) is 50.1 Å². The average Bonchev–Trinajstić information content (AvgIpc) is 3.08. The third-order valence-electron chi connectivity index (χ3n) is 3.71. The number of aromatic amines is 1. The number of H-pyrrole nitrogens is 1. The highest BCUT2D eigenvalue weighted by molar-refractivity contribution is 6.12. The summed E-state index contributed by atoms with van der Waals surface area (Å²) in [6.45, 7) is 2.72. The first-order valence-corrected chi connectivity index (χ1v) is 7.86. The van der Waals surface area contributed by atoms with Crippen molar-refractivity contribution in [2.45, 2.75) is 26.2 Å². The van der Waals surface area contributed by atoms with E-state index in [2.05, 4.69) is 22.1 Å². The molecular formula is C18H19N3O2. The van der Waals surface area contributed by atoms with Crippen molar-refractivity contribution in [2.24, 2.45) is 0 Å². The van der Waals surface area contributed by atoms with Gasteiger partial charge in [-0.3, -0.25) is 9.89 Å². The first-order valence-electron chi connectivity index (χ1n) is 7.86. The van der Waals surface area contributed by atoms with E-state index in [-0.39, 0.29) is 5.78 Å². The van der Waals surface area contributed by atoms with Crippen LogP contribution < -0.4 is 4.74 Å². The second-order valence-electron chi connectivity index (χ2n) is 5.38. The SMILES string of the molecule is CCCCCOc1c(C(=O)c2ccccc2)cnc2[nH]ncc12. The number of nitrogens with zero attached hydrogens (tertiary/aromatic N) is 2. The van der Waals surface area contributed by atoms with Gasteiger partial charge in [0, 0.05) is 11.8 Å². The molecule has 3 rings (SSSR count). The lowest BCUT2D eigenvalue weighted by Gasteiger charge is -2.11. The van der Waals surface area contributed by atoms with E-state index in [0.717, 1.165) is 24.6 Å². The number of ketones is 1. The molecule has 0 spiro atoms. The molecule has 0 bridgehead atoms. The Hall–Kier alpha value is -2.69. The maximum Gasteiger partial charge on any atom is 0.198 e. The van der Waals surface area contributed by atoms with Gasteiger partial charge in [0.15, 0.2) is 11.4 Å². The Morgan fingerprint density at radius 2 is 2.00 bits per heavy atom. The lowest BCUT2D eigenvalue weighted by atomic mass is 10.0. The van der Waals surface area contributed by atoms with Crippen molar-refractivity contribution in [1.82, 2.24) is 15.2 Å². The number of carbonyl (C=O) groups is 1. The lowest BCUT2D eigenvalue weighted by Crippen LogP contribution is -2.07. The molecule has 23 heavy (non-hydrogen) atoms. The third-order valence-corrected chi connectivity index (χ3v) is 3.71. The highest BCUT2D eigenvalue weighted by Crippen LogP contribution is 2.29. The molecule has 0 saturated heterocycles. The topological polar surface area (TPSA) is 67.9 Å². The Balaban J connectivity index is 1.96. The Morgan fingerprint density at radius 3 is 2.78 bits per heavy atom. The molecule has 1 aromatic carbocycles. The monoisotopic (exact) mass is 309 g/mol. The molecule has 0 fully saturated rings. The zero-order valence-corrected chi connectivity index (χ0v) is 13.1. The number of nitrogens with one attached hydrogen (secondary N) is 1. The standard InChI is InChI=1S/C18H19N3O2/c1-2-3-7-10-23-17-14(11-19-18-15(17)12-20-21-18)16(22)13-8-5-4-6-9-13/h4-6,8-9,11-12H,2-3,7,10H2,1H3,(H,19,20,21). The summed E-state index contributed by atoms with van der Waals surface area (Å²) in [5, 5.41) is 7.55. The van der Waals surface area contributed by atoms with E-state index in [1.54, 1.807) is 24.5 Å². The van der Waals surface area contributed by atoms with Crippen molar-refractivity contribution in [3.05, 3.63) is 53.9 Å². The van der Waals surface area contributed by atoms with Gasteiger partial charge in [0.25, 0.3) is 0 Å². The summed E-state index contributed by atoms with van der Waals surface area (Å²) < 4.78 is 5.93. The van der Waals surface area contributed by atoms with Crippen molar-refractivity contribution in [3.8, 4) is 5.75 Å². The molecule has 2 heterocycles. The number of unbranched alkanes of at least 4 members (excludes halogenated alkanes) is 2. The van der Waals surface area contributed by atoms with Crippen LogP contribution in [0.2, 0.25) is 0 Å². The van der Waals surface area contributed by atoms with E-state index in [1.165, 1.54) is 0 Å². The fourth-order valence-electron chi connectivity index (χ4n) is 2.47. The number of ether oxygens (including phenoxy) is 1. The van der Waals surface area contributed by atoms with Crippen LogP contribution in [0.15, 0.2) is 42.7 Å². The van der Waals surface area contributed by atoms with Gasteiger partial charge < -0.3 is 4.74 Å². The number of hydrogen-bond acceptors (Lipinski definition) is 4. The number of benzene rings is 1.